The number of nitrogens with one attached hydrogen (secondary N) is 1. The first-order valence-corrected chi connectivity index (χ1v) is 12.4. The van der Waals surface area contributed by atoms with Crippen LogP contribution < -0.4 is 10.1 Å². The Bertz CT molecular complexity index is 1510. The van der Waals surface area contributed by atoms with Gasteiger partial charge in [-0.15, -0.1) is 0 Å². The molecule has 0 aliphatic carbocycles. The number of pyridine rings is 1. The SMILES string of the molecule is CC(C)Oc1nc(Nc2ccc3nccc(-c4ccccc4)c3c2)nc2c1ncn2C1CCCCO1. The molecule has 4 heterocycles. The van der Waals surface area contributed by atoms with Crippen molar-refractivity contribution in [3.05, 3.63) is 67.1 Å². The Kier molecular flexibility index (Phi) is 5.95. The highest BCUT2D eigenvalue weighted by atomic mass is 16.5. The molecular weight excluding hydrogens is 452 g/mol. The van der Waals surface area contributed by atoms with Crippen molar-refractivity contribution >= 4 is 33.7 Å². The van der Waals surface area contributed by atoms with Crippen LogP contribution in [0.2, 0.25) is 0 Å². The lowest BCUT2D eigenvalue weighted by atomic mass is 10.0. The molecule has 1 fully saturated rings. The Balaban J connectivity index is 1.41. The summed E-state index contributed by atoms with van der Waals surface area (Å²) < 4.78 is 14.0. The van der Waals surface area contributed by atoms with Gasteiger partial charge in [0.05, 0.1) is 17.9 Å². The van der Waals surface area contributed by atoms with Crippen LogP contribution in [-0.2, 0) is 4.74 Å². The first kappa shape index (κ1) is 22.4. The van der Waals surface area contributed by atoms with Gasteiger partial charge in [-0.05, 0) is 68.5 Å². The van der Waals surface area contributed by atoms with E-state index < -0.39 is 0 Å². The molecule has 1 saturated heterocycles. The van der Waals surface area contributed by atoms with Gasteiger partial charge < -0.3 is 14.8 Å². The number of aromatic nitrogens is 5. The fourth-order valence-electron chi connectivity index (χ4n) is 4.63. The van der Waals surface area contributed by atoms with Crippen molar-refractivity contribution in [2.75, 3.05) is 11.9 Å². The van der Waals surface area contributed by atoms with Gasteiger partial charge in [-0.2, -0.15) is 9.97 Å². The second-order valence-electron chi connectivity index (χ2n) is 9.25. The number of hydrogen-bond donors (Lipinski definition) is 1. The highest BCUT2D eigenvalue weighted by Crippen LogP contribution is 2.32. The fourth-order valence-corrected chi connectivity index (χ4v) is 4.63. The molecule has 2 aromatic carbocycles. The average molecular weight is 481 g/mol. The zero-order chi connectivity index (χ0) is 24.5. The molecule has 0 bridgehead atoms. The molecule has 1 aliphatic rings. The van der Waals surface area contributed by atoms with E-state index in [-0.39, 0.29) is 12.3 Å². The summed E-state index contributed by atoms with van der Waals surface area (Å²) in [7, 11) is 0. The monoisotopic (exact) mass is 480 g/mol. The van der Waals surface area contributed by atoms with E-state index in [1.165, 1.54) is 0 Å². The number of fused-ring (bicyclic) bond motifs is 2. The van der Waals surface area contributed by atoms with Gasteiger partial charge in [-0.3, -0.25) is 9.55 Å². The molecule has 6 rings (SSSR count). The number of imidazole rings is 1. The molecule has 182 valence electrons. The van der Waals surface area contributed by atoms with E-state index >= 15 is 0 Å². The summed E-state index contributed by atoms with van der Waals surface area (Å²) in [6.45, 7) is 4.69. The van der Waals surface area contributed by atoms with E-state index in [0.29, 0.717) is 23.0 Å². The molecule has 1 atom stereocenters. The first-order valence-electron chi connectivity index (χ1n) is 12.4. The Labute approximate surface area is 209 Å². The maximum Gasteiger partial charge on any atom is 0.247 e. The Morgan fingerprint density at radius 1 is 1.03 bits per heavy atom. The van der Waals surface area contributed by atoms with Crippen LogP contribution >= 0.6 is 0 Å². The van der Waals surface area contributed by atoms with Crippen LogP contribution in [0.15, 0.2) is 67.1 Å². The average Bonchev–Trinajstić information content (AvgIpc) is 3.33. The fraction of sp³-hybridized carbons (Fsp3) is 0.286. The summed E-state index contributed by atoms with van der Waals surface area (Å²) in [5.41, 5.74) is 5.39. The normalized spacial score (nSPS) is 16.0. The Hall–Kier alpha value is -4.04. The van der Waals surface area contributed by atoms with Gasteiger partial charge >= 0.3 is 0 Å². The van der Waals surface area contributed by atoms with Crippen molar-refractivity contribution in [2.45, 2.75) is 45.4 Å². The van der Waals surface area contributed by atoms with E-state index in [2.05, 4.69) is 38.5 Å². The molecule has 1 unspecified atom stereocenters. The number of ether oxygens (including phenoxy) is 2. The van der Waals surface area contributed by atoms with Gasteiger partial charge in [0.15, 0.2) is 11.2 Å². The minimum atomic E-state index is -0.0847. The van der Waals surface area contributed by atoms with Crippen LogP contribution in [0.5, 0.6) is 5.88 Å². The van der Waals surface area contributed by atoms with Crippen LogP contribution in [0.4, 0.5) is 11.6 Å². The quantitative estimate of drug-likeness (QED) is 0.306. The lowest BCUT2D eigenvalue weighted by molar-refractivity contribution is -0.0298. The number of rotatable bonds is 6. The van der Waals surface area contributed by atoms with Crippen molar-refractivity contribution in [1.82, 2.24) is 24.5 Å². The predicted octanol–water partition coefficient (Wildman–Crippen LogP) is 6.27. The zero-order valence-electron chi connectivity index (χ0n) is 20.4. The van der Waals surface area contributed by atoms with Gasteiger partial charge in [0.1, 0.15) is 6.23 Å². The van der Waals surface area contributed by atoms with E-state index in [0.717, 1.165) is 53.6 Å². The topological polar surface area (TPSA) is 87.0 Å². The van der Waals surface area contributed by atoms with Crippen molar-refractivity contribution in [3.63, 3.8) is 0 Å². The van der Waals surface area contributed by atoms with Gasteiger partial charge in [0.2, 0.25) is 11.8 Å². The van der Waals surface area contributed by atoms with Gasteiger partial charge in [-0.25, -0.2) is 4.98 Å². The van der Waals surface area contributed by atoms with E-state index in [9.17, 15) is 0 Å². The lowest BCUT2D eigenvalue weighted by Gasteiger charge is -2.24. The standard InChI is InChI=1S/C28H28N6O2/c1-18(2)36-27-25-26(34(17-30-25)24-10-6-7-15-35-24)32-28(33-27)31-20-11-12-23-22(16-20)21(13-14-29-23)19-8-4-3-5-9-19/h3-5,8-9,11-14,16-18,24H,6-7,10,15H2,1-2H3,(H,31,32,33). The number of anilines is 2. The predicted molar refractivity (Wildman–Crippen MR) is 140 cm³/mol. The van der Waals surface area contributed by atoms with Crippen LogP contribution in [0.1, 0.15) is 39.3 Å². The molecule has 1 aliphatic heterocycles. The second kappa shape index (κ2) is 9.54. The molecule has 8 heteroatoms. The van der Waals surface area contributed by atoms with Gasteiger partial charge in [-0.1, -0.05) is 30.3 Å². The van der Waals surface area contributed by atoms with Crippen molar-refractivity contribution in [3.8, 4) is 17.0 Å². The molecule has 8 nitrogen and oxygen atoms in total. The van der Waals surface area contributed by atoms with Crippen LogP contribution in [0.25, 0.3) is 33.2 Å². The number of benzene rings is 2. The highest BCUT2D eigenvalue weighted by molar-refractivity contribution is 5.96. The van der Waals surface area contributed by atoms with Gasteiger partial charge in [0, 0.05) is 23.9 Å². The Morgan fingerprint density at radius 2 is 1.92 bits per heavy atom. The molecular formula is C28H28N6O2. The van der Waals surface area contributed by atoms with Crippen molar-refractivity contribution in [1.29, 1.82) is 0 Å². The minimum Gasteiger partial charge on any atom is -0.473 e. The highest BCUT2D eigenvalue weighted by Gasteiger charge is 2.22. The van der Waals surface area contributed by atoms with Crippen molar-refractivity contribution in [2.24, 2.45) is 0 Å². The van der Waals surface area contributed by atoms with E-state index in [1.807, 2.05) is 61.0 Å². The summed E-state index contributed by atoms with van der Waals surface area (Å²) in [4.78, 5) is 18.6. The molecule has 36 heavy (non-hydrogen) atoms. The molecule has 1 N–H and O–H groups in total. The van der Waals surface area contributed by atoms with Crippen molar-refractivity contribution < 1.29 is 9.47 Å². The maximum atomic E-state index is 6.04. The minimum absolute atomic E-state index is 0.0489. The molecule has 3 aromatic heterocycles. The summed E-state index contributed by atoms with van der Waals surface area (Å²) >= 11 is 0. The summed E-state index contributed by atoms with van der Waals surface area (Å²) in [6.07, 6.45) is 6.61. The van der Waals surface area contributed by atoms with E-state index in [4.69, 9.17) is 14.5 Å². The van der Waals surface area contributed by atoms with Crippen LogP contribution in [0.3, 0.4) is 0 Å². The summed E-state index contributed by atoms with van der Waals surface area (Å²) in [5.74, 6) is 0.903. The first-order chi connectivity index (χ1) is 17.7. The Morgan fingerprint density at radius 3 is 2.72 bits per heavy atom. The number of nitrogens with zero attached hydrogens (tertiary/aromatic N) is 5. The largest absolute Gasteiger partial charge is 0.473 e. The van der Waals surface area contributed by atoms with Crippen LogP contribution in [-0.4, -0.2) is 37.2 Å². The summed E-state index contributed by atoms with van der Waals surface area (Å²) in [5, 5.41) is 4.44. The summed E-state index contributed by atoms with van der Waals surface area (Å²) in [6, 6.07) is 18.4. The smallest absolute Gasteiger partial charge is 0.247 e. The second-order valence-corrected chi connectivity index (χ2v) is 9.25. The zero-order valence-corrected chi connectivity index (χ0v) is 20.4. The lowest BCUT2D eigenvalue weighted by Crippen LogP contribution is -2.18. The number of hydrogen-bond acceptors (Lipinski definition) is 7. The molecule has 0 radical (unpaired) electrons. The van der Waals surface area contributed by atoms with Crippen LogP contribution in [0, 0.1) is 0 Å². The third kappa shape index (κ3) is 4.35. The van der Waals surface area contributed by atoms with E-state index in [1.54, 1.807) is 6.33 Å². The maximum absolute atomic E-state index is 6.04. The van der Waals surface area contributed by atoms with Gasteiger partial charge in [0.25, 0.3) is 0 Å². The molecule has 0 amide bonds. The molecule has 5 aromatic rings. The third-order valence-corrected chi connectivity index (χ3v) is 6.29. The molecule has 0 saturated carbocycles. The molecule has 0 spiro atoms. The third-order valence-electron chi connectivity index (χ3n) is 6.29.